The number of anilines is 2. The van der Waals surface area contributed by atoms with Crippen molar-refractivity contribution in [3.05, 3.63) is 34.7 Å². The van der Waals surface area contributed by atoms with Crippen LogP contribution in [0.15, 0.2) is 29.2 Å². The molecule has 1 heterocycles. The Morgan fingerprint density at radius 2 is 2.11 bits per heavy atom. The Morgan fingerprint density at radius 1 is 1.28 bits per heavy atom. The number of methoxy groups -OCH3 is 2. The minimum Gasteiger partial charge on any atom is -0.497 e. The van der Waals surface area contributed by atoms with Crippen LogP contribution in [-0.4, -0.2) is 29.4 Å². The van der Waals surface area contributed by atoms with Crippen LogP contribution < -0.4 is 20.3 Å². The van der Waals surface area contributed by atoms with Crippen LogP contribution >= 0.6 is 0 Å². The maximum absolute atomic E-state index is 11.1. The molecule has 0 spiro atoms. The lowest BCUT2D eigenvalue weighted by Crippen LogP contribution is -2.11. The average Bonchev–Trinajstić information content (AvgIpc) is 2.38. The summed E-state index contributed by atoms with van der Waals surface area (Å²) in [5, 5.41) is 10.2. The Bertz CT molecular complexity index is 597. The largest absolute Gasteiger partial charge is 0.497 e. The van der Waals surface area contributed by atoms with Gasteiger partial charge in [0.25, 0.3) is 5.56 Å². The van der Waals surface area contributed by atoms with Crippen molar-refractivity contribution in [2.45, 2.75) is 0 Å². The zero-order valence-corrected chi connectivity index (χ0v) is 9.93. The van der Waals surface area contributed by atoms with Crippen LogP contribution in [-0.2, 0) is 0 Å². The van der Waals surface area contributed by atoms with E-state index in [0.717, 1.165) is 6.20 Å². The van der Waals surface area contributed by atoms with Gasteiger partial charge in [-0.3, -0.25) is 9.78 Å². The van der Waals surface area contributed by atoms with Crippen LogP contribution in [0, 0.1) is 0 Å². The lowest BCUT2D eigenvalue weighted by molar-refractivity contribution is 0.404. The predicted octanol–water partition coefficient (Wildman–Crippen LogP) is 0.926. The Balaban J connectivity index is 2.35. The number of benzene rings is 1. The van der Waals surface area contributed by atoms with Crippen molar-refractivity contribution < 1.29 is 9.47 Å². The smallest absolute Gasteiger partial charge is 0.271 e. The van der Waals surface area contributed by atoms with Gasteiger partial charge >= 0.3 is 0 Å². The first-order valence-corrected chi connectivity index (χ1v) is 5.14. The maximum Gasteiger partial charge on any atom is 0.271 e. The highest BCUT2D eigenvalue weighted by atomic mass is 16.5. The van der Waals surface area contributed by atoms with Crippen molar-refractivity contribution in [1.82, 2.24) is 15.2 Å². The number of rotatable bonds is 4. The Morgan fingerprint density at radius 3 is 2.78 bits per heavy atom. The van der Waals surface area contributed by atoms with Crippen LogP contribution in [0.4, 0.5) is 11.6 Å². The second-order valence-corrected chi connectivity index (χ2v) is 3.37. The van der Waals surface area contributed by atoms with Crippen LogP contribution in [0.3, 0.4) is 0 Å². The topological polar surface area (TPSA) is 89.1 Å². The van der Waals surface area contributed by atoms with Crippen LogP contribution in [0.1, 0.15) is 0 Å². The molecule has 0 aliphatic heterocycles. The summed E-state index contributed by atoms with van der Waals surface area (Å²) >= 11 is 0. The minimum atomic E-state index is -0.339. The third-order valence-electron chi connectivity index (χ3n) is 2.23. The van der Waals surface area contributed by atoms with E-state index >= 15 is 0 Å². The van der Waals surface area contributed by atoms with E-state index in [1.165, 1.54) is 0 Å². The molecule has 0 unspecified atom stereocenters. The molecule has 0 saturated heterocycles. The molecule has 0 aliphatic carbocycles. The van der Waals surface area contributed by atoms with E-state index in [9.17, 15) is 4.79 Å². The monoisotopic (exact) mass is 248 g/mol. The second-order valence-electron chi connectivity index (χ2n) is 3.37. The minimum absolute atomic E-state index is 0.231. The molecule has 18 heavy (non-hydrogen) atoms. The summed E-state index contributed by atoms with van der Waals surface area (Å²) in [6.45, 7) is 0. The molecule has 0 aliphatic rings. The van der Waals surface area contributed by atoms with Crippen molar-refractivity contribution in [2.24, 2.45) is 0 Å². The Hall–Kier alpha value is -2.57. The van der Waals surface area contributed by atoms with Gasteiger partial charge in [-0.25, -0.2) is 0 Å². The average molecular weight is 248 g/mol. The molecule has 2 N–H and O–H groups in total. The molecule has 0 saturated carbocycles. The van der Waals surface area contributed by atoms with E-state index in [1.54, 1.807) is 32.4 Å². The zero-order valence-electron chi connectivity index (χ0n) is 9.93. The molecule has 2 rings (SSSR count). The molecular formula is C11H12N4O3. The number of nitrogens with zero attached hydrogens (tertiary/aromatic N) is 2. The van der Waals surface area contributed by atoms with E-state index in [4.69, 9.17) is 9.47 Å². The molecular weight excluding hydrogens is 236 g/mol. The molecule has 0 atom stereocenters. The summed E-state index contributed by atoms with van der Waals surface area (Å²) < 4.78 is 10.3. The van der Waals surface area contributed by atoms with Gasteiger partial charge in [0.1, 0.15) is 17.7 Å². The summed E-state index contributed by atoms with van der Waals surface area (Å²) in [6.07, 6.45) is 1.09. The molecule has 0 radical (unpaired) electrons. The predicted molar refractivity (Wildman–Crippen MR) is 65.5 cm³/mol. The molecule has 7 nitrogen and oxygen atoms in total. The fraction of sp³-hybridized carbons (Fsp3) is 0.182. The fourth-order valence-corrected chi connectivity index (χ4v) is 1.41. The van der Waals surface area contributed by atoms with E-state index in [2.05, 4.69) is 20.5 Å². The van der Waals surface area contributed by atoms with Crippen molar-refractivity contribution in [3.8, 4) is 11.5 Å². The second kappa shape index (κ2) is 5.17. The molecule has 7 heteroatoms. The van der Waals surface area contributed by atoms with Gasteiger partial charge in [-0.15, -0.1) is 10.2 Å². The van der Waals surface area contributed by atoms with Crippen molar-refractivity contribution in [3.63, 3.8) is 0 Å². The van der Waals surface area contributed by atoms with Gasteiger partial charge in [-0.1, -0.05) is 0 Å². The highest BCUT2D eigenvalue weighted by Crippen LogP contribution is 2.30. The fourth-order valence-electron chi connectivity index (χ4n) is 1.41. The molecule has 0 bridgehead atoms. The van der Waals surface area contributed by atoms with Gasteiger partial charge in [0, 0.05) is 6.07 Å². The van der Waals surface area contributed by atoms with Crippen molar-refractivity contribution >= 4 is 11.6 Å². The van der Waals surface area contributed by atoms with Crippen LogP contribution in [0.2, 0.25) is 0 Å². The van der Waals surface area contributed by atoms with E-state index in [-0.39, 0.29) is 11.5 Å². The molecule has 1 aromatic carbocycles. The third-order valence-corrected chi connectivity index (χ3v) is 2.23. The maximum atomic E-state index is 11.1. The van der Waals surface area contributed by atoms with Gasteiger partial charge in [0.05, 0.1) is 19.9 Å². The highest BCUT2D eigenvalue weighted by Gasteiger charge is 2.06. The molecule has 2 aromatic rings. The lowest BCUT2D eigenvalue weighted by Gasteiger charge is -2.11. The van der Waals surface area contributed by atoms with Crippen LogP contribution in [0.25, 0.3) is 0 Å². The first kappa shape index (κ1) is 11.9. The third kappa shape index (κ3) is 2.57. The number of aromatic amines is 1. The number of aromatic nitrogens is 3. The molecule has 0 amide bonds. The van der Waals surface area contributed by atoms with E-state index in [0.29, 0.717) is 17.2 Å². The summed E-state index contributed by atoms with van der Waals surface area (Å²) in [7, 11) is 3.11. The number of nitrogens with one attached hydrogen (secondary N) is 2. The molecule has 94 valence electrons. The molecule has 1 aromatic heterocycles. The highest BCUT2D eigenvalue weighted by molar-refractivity contribution is 5.64. The van der Waals surface area contributed by atoms with E-state index in [1.807, 2.05) is 0 Å². The van der Waals surface area contributed by atoms with Gasteiger partial charge < -0.3 is 14.8 Å². The van der Waals surface area contributed by atoms with Crippen LogP contribution in [0.5, 0.6) is 11.5 Å². The zero-order chi connectivity index (χ0) is 13.0. The number of hydrogen-bond donors (Lipinski definition) is 2. The van der Waals surface area contributed by atoms with Gasteiger partial charge in [0.2, 0.25) is 5.95 Å². The number of ether oxygens (including phenoxy) is 2. The SMILES string of the molecule is COc1ccc(OC)c(Nc2nncc(=O)[nH]2)c1. The quantitative estimate of drug-likeness (QED) is 0.836. The van der Waals surface area contributed by atoms with Gasteiger partial charge in [-0.05, 0) is 12.1 Å². The van der Waals surface area contributed by atoms with E-state index < -0.39 is 0 Å². The standard InChI is InChI=1S/C11H12N4O3/c1-17-7-3-4-9(18-2)8(5-7)13-11-14-10(16)6-12-15-11/h3-6H,1-2H3,(H2,13,14,15,16). The Labute approximate surface area is 103 Å². The summed E-state index contributed by atoms with van der Waals surface area (Å²) in [6, 6.07) is 5.24. The number of hydrogen-bond acceptors (Lipinski definition) is 6. The lowest BCUT2D eigenvalue weighted by atomic mass is 10.2. The summed E-state index contributed by atoms with van der Waals surface area (Å²) in [5.74, 6) is 1.49. The molecule has 0 fully saturated rings. The van der Waals surface area contributed by atoms with Gasteiger partial charge in [0.15, 0.2) is 0 Å². The summed E-state index contributed by atoms with van der Waals surface area (Å²) in [5.41, 5.74) is 0.280. The first-order chi connectivity index (χ1) is 8.72. The van der Waals surface area contributed by atoms with Gasteiger partial charge in [-0.2, -0.15) is 0 Å². The first-order valence-electron chi connectivity index (χ1n) is 5.14. The Kier molecular flexibility index (Phi) is 3.42. The number of H-pyrrole nitrogens is 1. The van der Waals surface area contributed by atoms with Crippen molar-refractivity contribution in [1.29, 1.82) is 0 Å². The van der Waals surface area contributed by atoms with Crippen molar-refractivity contribution in [2.75, 3.05) is 19.5 Å². The summed E-state index contributed by atoms with van der Waals surface area (Å²) in [4.78, 5) is 13.6. The normalized spacial score (nSPS) is 9.89.